The van der Waals surface area contributed by atoms with E-state index in [9.17, 15) is 41.0 Å². The van der Waals surface area contributed by atoms with Crippen molar-refractivity contribution in [2.75, 3.05) is 0 Å². The maximum atomic E-state index is 13.5. The van der Waals surface area contributed by atoms with Gasteiger partial charge < -0.3 is 19.9 Å². The highest BCUT2D eigenvalue weighted by molar-refractivity contribution is 6.07. The average molecular weight is 639 g/mol. The lowest BCUT2D eigenvalue weighted by Gasteiger charge is -2.33. The number of ether oxygens (including phenoxy) is 2. The van der Waals surface area contributed by atoms with Gasteiger partial charge in [0.2, 0.25) is 0 Å². The molecule has 3 amide bonds. The minimum absolute atomic E-state index is 0.0157. The van der Waals surface area contributed by atoms with Gasteiger partial charge in [0.15, 0.2) is 0 Å². The van der Waals surface area contributed by atoms with Gasteiger partial charge in [-0.3, -0.25) is 9.69 Å². The van der Waals surface area contributed by atoms with Crippen LogP contribution in [0.15, 0.2) is 66.7 Å². The van der Waals surface area contributed by atoms with Gasteiger partial charge in [-0.25, -0.2) is 4.79 Å². The summed E-state index contributed by atoms with van der Waals surface area (Å²) in [4.78, 5) is 27.4. The maximum Gasteiger partial charge on any atom is 0.430 e. The third-order valence-electron chi connectivity index (χ3n) is 7.36. The summed E-state index contributed by atoms with van der Waals surface area (Å²) < 4.78 is 92.2. The summed E-state index contributed by atoms with van der Waals surface area (Å²) in [5.41, 5.74) is -6.75. The fourth-order valence-electron chi connectivity index (χ4n) is 5.05. The molecule has 242 valence electrons. The van der Waals surface area contributed by atoms with Gasteiger partial charge in [0.25, 0.3) is 11.5 Å². The van der Waals surface area contributed by atoms with E-state index in [2.05, 4.69) is 5.32 Å². The standard InChI is InChI=1S/C32H32F6N2O5/c1-5-7-21-17-23(30(43,31(33,34)35)32(36,37)38)12-15-26(21)45-25-9-6-8-20(16-25)18-40-27(41)29(4,39-28(40)42)22-10-13-24(14-11-22)44-19(2)3/h6,8-17,19,43H,5,7,18H2,1-4H3,(H,39,42). The number of carbonyl (C=O) groups excluding carboxylic acids is 2. The van der Waals surface area contributed by atoms with Crippen LogP contribution >= 0.6 is 0 Å². The number of amides is 3. The highest BCUT2D eigenvalue weighted by atomic mass is 19.4. The number of imide groups is 1. The minimum atomic E-state index is -6.02. The van der Waals surface area contributed by atoms with E-state index in [4.69, 9.17) is 9.47 Å². The number of nitrogens with zero attached hydrogens (tertiary/aromatic N) is 1. The molecule has 4 rings (SSSR count). The van der Waals surface area contributed by atoms with E-state index in [-0.39, 0.29) is 36.1 Å². The number of hydrogen-bond donors (Lipinski definition) is 2. The molecule has 0 radical (unpaired) electrons. The van der Waals surface area contributed by atoms with E-state index in [1.165, 1.54) is 12.1 Å². The van der Waals surface area contributed by atoms with E-state index in [1.807, 2.05) is 13.8 Å². The fourth-order valence-corrected chi connectivity index (χ4v) is 5.05. The first-order chi connectivity index (χ1) is 20.9. The SMILES string of the molecule is CCCc1cc(C(O)(C(F)(F)F)C(F)(F)F)ccc1Oc1cccc(CN2C(=O)NC(C)(c3ccc(OC(C)C)cc3)C2=O)c1. The lowest BCUT2D eigenvalue weighted by molar-refractivity contribution is -0.376. The van der Waals surface area contributed by atoms with Crippen molar-refractivity contribution in [3.8, 4) is 17.2 Å². The summed E-state index contributed by atoms with van der Waals surface area (Å²) in [5.74, 6) is 0.252. The van der Waals surface area contributed by atoms with Crippen molar-refractivity contribution in [3.05, 3.63) is 89.0 Å². The lowest BCUT2D eigenvalue weighted by atomic mass is 9.90. The predicted molar refractivity (Wildman–Crippen MR) is 152 cm³/mol. The Morgan fingerprint density at radius 3 is 2.13 bits per heavy atom. The molecule has 1 fully saturated rings. The largest absolute Gasteiger partial charge is 0.491 e. The highest BCUT2D eigenvalue weighted by Crippen LogP contribution is 2.50. The third kappa shape index (κ3) is 6.58. The Morgan fingerprint density at radius 1 is 0.911 bits per heavy atom. The third-order valence-corrected chi connectivity index (χ3v) is 7.36. The molecule has 0 saturated carbocycles. The molecule has 0 bridgehead atoms. The van der Waals surface area contributed by atoms with Gasteiger partial charge in [-0.2, -0.15) is 26.3 Å². The van der Waals surface area contributed by atoms with Gasteiger partial charge in [0, 0.05) is 5.56 Å². The molecule has 0 spiro atoms. The first kappa shape index (κ1) is 33.6. The van der Waals surface area contributed by atoms with Crippen molar-refractivity contribution in [2.24, 2.45) is 0 Å². The maximum absolute atomic E-state index is 13.5. The Morgan fingerprint density at radius 2 is 1.56 bits per heavy atom. The predicted octanol–water partition coefficient (Wildman–Crippen LogP) is 7.50. The molecule has 0 aromatic heterocycles. The topological polar surface area (TPSA) is 88.1 Å². The zero-order valence-corrected chi connectivity index (χ0v) is 24.8. The van der Waals surface area contributed by atoms with Crippen molar-refractivity contribution in [2.45, 2.75) is 76.7 Å². The van der Waals surface area contributed by atoms with Crippen LogP contribution < -0.4 is 14.8 Å². The number of hydrogen-bond acceptors (Lipinski definition) is 5. The zero-order valence-electron chi connectivity index (χ0n) is 24.8. The summed E-state index contributed by atoms with van der Waals surface area (Å²) in [5, 5.41) is 12.6. The summed E-state index contributed by atoms with van der Waals surface area (Å²) in [6.07, 6.45) is -11.7. The zero-order chi connectivity index (χ0) is 33.4. The summed E-state index contributed by atoms with van der Waals surface area (Å²) in [7, 11) is 0. The number of halogens is 6. The van der Waals surface area contributed by atoms with E-state index in [0.29, 0.717) is 35.4 Å². The normalized spacial score (nSPS) is 17.6. The number of carbonyl (C=O) groups is 2. The molecule has 1 heterocycles. The van der Waals surface area contributed by atoms with Crippen molar-refractivity contribution in [3.63, 3.8) is 0 Å². The van der Waals surface area contributed by atoms with Gasteiger partial charge in [-0.05, 0) is 80.3 Å². The number of aliphatic hydroxyl groups is 1. The second kappa shape index (κ2) is 12.3. The van der Waals surface area contributed by atoms with Crippen LogP contribution in [0.1, 0.15) is 56.4 Å². The van der Waals surface area contributed by atoms with Crippen molar-refractivity contribution in [1.29, 1.82) is 0 Å². The van der Waals surface area contributed by atoms with Gasteiger partial charge in [0.1, 0.15) is 22.8 Å². The van der Waals surface area contributed by atoms with Crippen LogP contribution in [0, 0.1) is 0 Å². The summed E-state index contributed by atoms with van der Waals surface area (Å²) >= 11 is 0. The molecule has 2 N–H and O–H groups in total. The van der Waals surface area contributed by atoms with Crippen LogP contribution in [-0.4, -0.2) is 40.4 Å². The van der Waals surface area contributed by atoms with E-state index >= 15 is 0 Å². The number of nitrogens with one attached hydrogen (secondary N) is 1. The van der Waals surface area contributed by atoms with Gasteiger partial charge in [0.05, 0.1) is 12.6 Å². The molecule has 0 aliphatic carbocycles. The van der Waals surface area contributed by atoms with Crippen molar-refractivity contribution >= 4 is 11.9 Å². The Labute approximate surface area is 255 Å². The molecule has 1 aliphatic heterocycles. The van der Waals surface area contributed by atoms with Crippen molar-refractivity contribution < 1.29 is 50.5 Å². The number of rotatable bonds is 10. The summed E-state index contributed by atoms with van der Waals surface area (Å²) in [6.45, 7) is 6.88. The van der Waals surface area contributed by atoms with E-state index in [1.54, 1.807) is 50.2 Å². The Kier molecular flexibility index (Phi) is 9.16. The number of benzene rings is 3. The molecular weight excluding hydrogens is 606 g/mol. The summed E-state index contributed by atoms with van der Waals surface area (Å²) in [6, 6.07) is 14.5. The highest BCUT2D eigenvalue weighted by Gasteiger charge is 2.71. The van der Waals surface area contributed by atoms with Gasteiger partial charge >= 0.3 is 18.4 Å². The van der Waals surface area contributed by atoms with E-state index in [0.717, 1.165) is 11.0 Å². The number of aryl methyl sites for hydroxylation is 1. The molecule has 13 heteroatoms. The van der Waals surface area contributed by atoms with E-state index < -0.39 is 41.0 Å². The number of alkyl halides is 6. The molecule has 3 aromatic rings. The molecule has 1 saturated heterocycles. The molecule has 7 nitrogen and oxygen atoms in total. The lowest BCUT2D eigenvalue weighted by Crippen LogP contribution is -2.53. The second-order valence-corrected chi connectivity index (χ2v) is 11.2. The Bertz CT molecular complexity index is 1540. The average Bonchev–Trinajstić information content (AvgIpc) is 3.16. The first-order valence-corrected chi connectivity index (χ1v) is 14.1. The van der Waals surface area contributed by atoms with Crippen LogP contribution in [0.25, 0.3) is 0 Å². The van der Waals surface area contributed by atoms with Crippen LogP contribution in [-0.2, 0) is 28.9 Å². The first-order valence-electron chi connectivity index (χ1n) is 14.1. The molecule has 1 unspecified atom stereocenters. The second-order valence-electron chi connectivity index (χ2n) is 11.2. The van der Waals surface area contributed by atoms with Crippen LogP contribution in [0.5, 0.6) is 17.2 Å². The van der Waals surface area contributed by atoms with Crippen molar-refractivity contribution in [1.82, 2.24) is 10.2 Å². The van der Waals surface area contributed by atoms with Gasteiger partial charge in [-0.1, -0.05) is 43.7 Å². The Balaban J connectivity index is 1.56. The molecular formula is C32H32F6N2O5. The monoisotopic (exact) mass is 638 g/mol. The molecule has 3 aromatic carbocycles. The van der Waals surface area contributed by atoms with Crippen LogP contribution in [0.2, 0.25) is 0 Å². The smallest absolute Gasteiger partial charge is 0.430 e. The molecule has 1 aliphatic rings. The Hall–Kier alpha value is -4.26. The minimum Gasteiger partial charge on any atom is -0.491 e. The van der Waals surface area contributed by atoms with Gasteiger partial charge in [-0.15, -0.1) is 0 Å². The quantitative estimate of drug-likeness (QED) is 0.177. The van der Waals surface area contributed by atoms with Crippen LogP contribution in [0.3, 0.4) is 0 Å². The fraction of sp³-hybridized carbons (Fsp3) is 0.375. The van der Waals surface area contributed by atoms with Crippen LogP contribution in [0.4, 0.5) is 31.1 Å². The number of urea groups is 1. The molecule has 1 atom stereocenters. The molecule has 45 heavy (non-hydrogen) atoms.